The van der Waals surface area contributed by atoms with Gasteiger partial charge in [-0.05, 0) is 25.8 Å². The molecule has 6 heteroatoms. The van der Waals surface area contributed by atoms with E-state index in [9.17, 15) is 4.79 Å². The van der Waals surface area contributed by atoms with E-state index in [0.717, 1.165) is 0 Å². The van der Waals surface area contributed by atoms with Gasteiger partial charge in [0, 0.05) is 18.0 Å². The highest BCUT2D eigenvalue weighted by Crippen LogP contribution is 2.14. The predicted molar refractivity (Wildman–Crippen MR) is 52.4 cm³/mol. The van der Waals surface area contributed by atoms with Gasteiger partial charge in [0.1, 0.15) is 0 Å². The van der Waals surface area contributed by atoms with Crippen molar-refractivity contribution in [2.75, 3.05) is 19.8 Å². The van der Waals surface area contributed by atoms with E-state index < -0.39 is 5.54 Å². The van der Waals surface area contributed by atoms with E-state index in [4.69, 9.17) is 5.53 Å². The molecule has 0 bridgehead atoms. The zero-order valence-electron chi connectivity index (χ0n) is 8.53. The number of azide groups is 1. The molecule has 0 aromatic carbocycles. The first-order chi connectivity index (χ1) is 6.58. The van der Waals surface area contributed by atoms with E-state index in [0.29, 0.717) is 26.2 Å². The molecule has 0 atom stereocenters. The Morgan fingerprint density at radius 3 is 2.93 bits per heavy atom. The third-order valence-electron chi connectivity index (χ3n) is 2.28. The van der Waals surface area contributed by atoms with Crippen molar-refractivity contribution in [3.63, 3.8) is 0 Å². The molecular formula is C8H15N5O. The number of hydrogen-bond donors (Lipinski definition) is 1. The minimum atomic E-state index is -0.446. The topological polar surface area (TPSA) is 81.1 Å². The van der Waals surface area contributed by atoms with Crippen LogP contribution >= 0.6 is 0 Å². The normalized spacial score (nSPS) is 19.6. The first kappa shape index (κ1) is 10.8. The van der Waals surface area contributed by atoms with Gasteiger partial charge in [-0.25, -0.2) is 0 Å². The third kappa shape index (κ3) is 2.37. The summed E-state index contributed by atoms with van der Waals surface area (Å²) in [4.78, 5) is 16.0. The molecule has 6 nitrogen and oxygen atoms in total. The summed E-state index contributed by atoms with van der Waals surface area (Å²) in [5.41, 5.74) is 7.61. The lowest BCUT2D eigenvalue weighted by molar-refractivity contribution is -0.131. The fourth-order valence-corrected chi connectivity index (χ4v) is 1.39. The predicted octanol–water partition coefficient (Wildman–Crippen LogP) is 0.855. The molecule has 0 aromatic rings. The summed E-state index contributed by atoms with van der Waals surface area (Å²) in [6.45, 7) is 5.41. The molecule has 1 aliphatic rings. The highest BCUT2D eigenvalue weighted by Gasteiger charge is 2.37. The van der Waals surface area contributed by atoms with Crippen LogP contribution < -0.4 is 5.32 Å². The SMILES string of the molecule is CC1(C)NCN(CCCN=[N+]=[N-])C1=O. The Bertz CT molecular complexity index is 269. The Morgan fingerprint density at radius 2 is 2.43 bits per heavy atom. The first-order valence-electron chi connectivity index (χ1n) is 4.63. The number of carbonyl (C=O) groups excluding carboxylic acids is 1. The smallest absolute Gasteiger partial charge is 0.243 e. The molecule has 78 valence electrons. The van der Waals surface area contributed by atoms with Crippen molar-refractivity contribution in [3.8, 4) is 0 Å². The van der Waals surface area contributed by atoms with Crippen LogP contribution in [0.2, 0.25) is 0 Å². The van der Waals surface area contributed by atoms with E-state index in [1.54, 1.807) is 4.90 Å². The highest BCUT2D eigenvalue weighted by atomic mass is 16.2. The zero-order chi connectivity index (χ0) is 10.6. The molecule has 1 aliphatic heterocycles. The van der Waals surface area contributed by atoms with Crippen LogP contribution in [0.1, 0.15) is 20.3 Å². The van der Waals surface area contributed by atoms with Crippen LogP contribution in [0, 0.1) is 0 Å². The monoisotopic (exact) mass is 197 g/mol. The number of rotatable bonds is 4. The van der Waals surface area contributed by atoms with Crippen LogP contribution in [0.15, 0.2) is 5.11 Å². The van der Waals surface area contributed by atoms with E-state index in [1.165, 1.54) is 0 Å². The second-order valence-corrected chi connectivity index (χ2v) is 3.84. The summed E-state index contributed by atoms with van der Waals surface area (Å²) in [6, 6.07) is 0. The van der Waals surface area contributed by atoms with Gasteiger partial charge in [0.25, 0.3) is 0 Å². The summed E-state index contributed by atoms with van der Waals surface area (Å²) < 4.78 is 0. The molecule has 0 aliphatic carbocycles. The molecular weight excluding hydrogens is 182 g/mol. The van der Waals surface area contributed by atoms with Crippen LogP contribution in [0.3, 0.4) is 0 Å². The van der Waals surface area contributed by atoms with Crippen LogP contribution in [0.4, 0.5) is 0 Å². The Kier molecular flexibility index (Phi) is 3.33. The maximum absolute atomic E-state index is 11.7. The van der Waals surface area contributed by atoms with Crippen LogP contribution in [0.25, 0.3) is 10.4 Å². The van der Waals surface area contributed by atoms with Gasteiger partial charge in [-0.3, -0.25) is 10.1 Å². The Labute approximate surface area is 82.9 Å². The Balaban J connectivity index is 2.34. The van der Waals surface area contributed by atoms with Crippen molar-refractivity contribution in [1.29, 1.82) is 0 Å². The summed E-state index contributed by atoms with van der Waals surface area (Å²) in [6.07, 6.45) is 0.716. The molecule has 1 amide bonds. The first-order valence-corrected chi connectivity index (χ1v) is 4.63. The van der Waals surface area contributed by atoms with E-state index in [1.807, 2.05) is 13.8 Å². The fraction of sp³-hybridized carbons (Fsp3) is 0.875. The van der Waals surface area contributed by atoms with Crippen molar-refractivity contribution in [1.82, 2.24) is 10.2 Å². The lowest BCUT2D eigenvalue weighted by atomic mass is 10.1. The molecule has 1 saturated heterocycles. The minimum absolute atomic E-state index is 0.110. The standard InChI is InChI=1S/C8H15N5O/c1-8(2)7(14)13(6-10-8)5-3-4-11-12-9/h10H,3-6H2,1-2H3. The molecule has 1 fully saturated rings. The number of hydrogen-bond acceptors (Lipinski definition) is 3. The van der Waals surface area contributed by atoms with E-state index >= 15 is 0 Å². The summed E-state index contributed by atoms with van der Waals surface area (Å²) >= 11 is 0. The maximum atomic E-state index is 11.7. The largest absolute Gasteiger partial charge is 0.328 e. The number of carbonyl (C=O) groups is 1. The molecule has 1 N–H and O–H groups in total. The second kappa shape index (κ2) is 4.30. The third-order valence-corrected chi connectivity index (χ3v) is 2.28. The van der Waals surface area contributed by atoms with Crippen molar-refractivity contribution in [3.05, 3.63) is 10.4 Å². The van der Waals surface area contributed by atoms with Gasteiger partial charge in [0.05, 0.1) is 12.2 Å². The molecule has 14 heavy (non-hydrogen) atoms. The van der Waals surface area contributed by atoms with Crippen molar-refractivity contribution >= 4 is 5.91 Å². The van der Waals surface area contributed by atoms with Crippen LogP contribution in [-0.4, -0.2) is 36.1 Å². The van der Waals surface area contributed by atoms with Crippen molar-refractivity contribution < 1.29 is 4.79 Å². The minimum Gasteiger partial charge on any atom is -0.328 e. The van der Waals surface area contributed by atoms with Gasteiger partial charge in [0.15, 0.2) is 0 Å². The molecule has 0 unspecified atom stereocenters. The number of nitrogens with zero attached hydrogens (tertiary/aromatic N) is 4. The highest BCUT2D eigenvalue weighted by molar-refractivity contribution is 5.87. The molecule has 1 rings (SSSR count). The molecule has 0 saturated carbocycles. The zero-order valence-corrected chi connectivity index (χ0v) is 8.53. The Hall–Kier alpha value is -1.26. The van der Waals surface area contributed by atoms with Gasteiger partial charge < -0.3 is 4.90 Å². The van der Waals surface area contributed by atoms with Gasteiger partial charge >= 0.3 is 0 Å². The fourth-order valence-electron chi connectivity index (χ4n) is 1.39. The Morgan fingerprint density at radius 1 is 1.71 bits per heavy atom. The van der Waals surface area contributed by atoms with Crippen molar-refractivity contribution in [2.24, 2.45) is 5.11 Å². The molecule has 0 aromatic heterocycles. The average molecular weight is 197 g/mol. The van der Waals surface area contributed by atoms with Gasteiger partial charge in [-0.1, -0.05) is 5.11 Å². The van der Waals surface area contributed by atoms with Crippen LogP contribution in [0.5, 0.6) is 0 Å². The van der Waals surface area contributed by atoms with Gasteiger partial charge in [0.2, 0.25) is 5.91 Å². The summed E-state index contributed by atoms with van der Waals surface area (Å²) in [7, 11) is 0. The lowest BCUT2D eigenvalue weighted by Crippen LogP contribution is -2.40. The van der Waals surface area contributed by atoms with Gasteiger partial charge in [-0.2, -0.15) is 0 Å². The van der Waals surface area contributed by atoms with E-state index in [-0.39, 0.29) is 5.91 Å². The number of amides is 1. The summed E-state index contributed by atoms with van der Waals surface area (Å²) in [5, 5.41) is 6.53. The lowest BCUT2D eigenvalue weighted by Gasteiger charge is -2.17. The maximum Gasteiger partial charge on any atom is 0.243 e. The van der Waals surface area contributed by atoms with E-state index in [2.05, 4.69) is 15.3 Å². The van der Waals surface area contributed by atoms with Crippen LogP contribution in [-0.2, 0) is 4.79 Å². The molecule has 0 spiro atoms. The van der Waals surface area contributed by atoms with Gasteiger partial charge in [-0.15, -0.1) is 0 Å². The summed E-state index contributed by atoms with van der Waals surface area (Å²) in [5.74, 6) is 0.110. The van der Waals surface area contributed by atoms with Crippen molar-refractivity contribution in [2.45, 2.75) is 25.8 Å². The molecule has 0 radical (unpaired) electrons. The quantitative estimate of drug-likeness (QED) is 0.314. The molecule has 1 heterocycles. The average Bonchev–Trinajstić information content (AvgIpc) is 2.39. The number of nitrogens with one attached hydrogen (secondary N) is 1. The second-order valence-electron chi connectivity index (χ2n) is 3.84.